The first-order chi connectivity index (χ1) is 19.9. The molecule has 3 aromatic rings. The van der Waals surface area contributed by atoms with Crippen LogP contribution < -0.4 is 26.6 Å². The van der Waals surface area contributed by atoms with Gasteiger partial charge in [-0.15, -0.1) is 0 Å². The van der Waals surface area contributed by atoms with Gasteiger partial charge in [0.1, 0.15) is 18.6 Å². The minimum Gasteiger partial charge on any atom is -0.497 e. The van der Waals surface area contributed by atoms with E-state index in [-0.39, 0.29) is 30.4 Å². The maximum absolute atomic E-state index is 13.6. The lowest BCUT2D eigenvalue weighted by atomic mass is 9.98. The number of fused-ring (bicyclic) bond motifs is 1. The molecule has 1 aromatic heterocycles. The van der Waals surface area contributed by atoms with Crippen LogP contribution in [-0.4, -0.2) is 46.9 Å². The number of aromatic nitrogens is 2. The fraction of sp³-hybridized carbons (Fsp3) is 0.241. The van der Waals surface area contributed by atoms with Gasteiger partial charge in [-0.25, -0.2) is 15.4 Å². The summed E-state index contributed by atoms with van der Waals surface area (Å²) < 4.78 is 5.29. The number of anilines is 1. The molecule has 41 heavy (non-hydrogen) atoms. The second-order valence-corrected chi connectivity index (χ2v) is 9.95. The zero-order chi connectivity index (χ0) is 28.9. The number of hydrogen-bond acceptors (Lipinski definition) is 9. The summed E-state index contributed by atoms with van der Waals surface area (Å²) in [6.45, 7) is 2.13. The van der Waals surface area contributed by atoms with Crippen LogP contribution in [0, 0.1) is 0 Å². The lowest BCUT2D eigenvalue weighted by molar-refractivity contribution is -0.122. The minimum absolute atomic E-state index is 0.107. The van der Waals surface area contributed by atoms with Gasteiger partial charge in [0.2, 0.25) is 11.9 Å². The number of allylic oxidation sites excluding steroid dienone is 1. The van der Waals surface area contributed by atoms with E-state index in [9.17, 15) is 9.59 Å². The summed E-state index contributed by atoms with van der Waals surface area (Å²) >= 11 is 6.47. The first-order valence-electron chi connectivity index (χ1n) is 13.0. The molecule has 2 aromatic carbocycles. The van der Waals surface area contributed by atoms with E-state index in [4.69, 9.17) is 26.9 Å². The first-order valence-corrected chi connectivity index (χ1v) is 13.4. The molecule has 11 nitrogen and oxygen atoms in total. The molecule has 0 fully saturated rings. The largest absolute Gasteiger partial charge is 0.497 e. The van der Waals surface area contributed by atoms with Gasteiger partial charge < -0.3 is 30.8 Å². The molecule has 5 rings (SSSR count). The number of benzene rings is 2. The molecule has 0 saturated heterocycles. The molecule has 0 aliphatic carbocycles. The maximum Gasteiger partial charge on any atom is 0.255 e. The highest BCUT2D eigenvalue weighted by Gasteiger charge is 2.37. The molecule has 0 bridgehead atoms. The van der Waals surface area contributed by atoms with Crippen LogP contribution in [0.25, 0.3) is 11.3 Å². The smallest absolute Gasteiger partial charge is 0.255 e. The van der Waals surface area contributed by atoms with Gasteiger partial charge in [0, 0.05) is 17.2 Å². The van der Waals surface area contributed by atoms with Crippen molar-refractivity contribution in [3.05, 3.63) is 94.6 Å². The fourth-order valence-corrected chi connectivity index (χ4v) is 5.06. The van der Waals surface area contributed by atoms with Gasteiger partial charge in [0.15, 0.2) is 0 Å². The van der Waals surface area contributed by atoms with Crippen LogP contribution in [0.15, 0.2) is 72.9 Å². The molecule has 2 aliphatic heterocycles. The van der Waals surface area contributed by atoms with E-state index in [1.807, 2.05) is 43.3 Å². The Morgan fingerprint density at radius 2 is 2.15 bits per heavy atom. The number of hydroxylamine groups is 1. The number of rotatable bonds is 10. The zero-order valence-corrected chi connectivity index (χ0v) is 23.3. The Bertz CT molecular complexity index is 1530. The summed E-state index contributed by atoms with van der Waals surface area (Å²) in [5, 5.41) is 6.39. The zero-order valence-electron chi connectivity index (χ0n) is 22.6. The molecule has 2 aliphatic rings. The van der Waals surface area contributed by atoms with Crippen LogP contribution in [0.1, 0.15) is 46.9 Å². The third kappa shape index (κ3) is 6.11. The summed E-state index contributed by atoms with van der Waals surface area (Å²) in [6.07, 6.45) is 6.82. The number of nitrogens with zero attached hydrogens (tertiary/aromatic N) is 3. The monoisotopic (exact) mass is 575 g/mol. The number of amides is 2. The Morgan fingerprint density at radius 1 is 1.29 bits per heavy atom. The molecule has 2 atom stereocenters. The van der Waals surface area contributed by atoms with Crippen molar-refractivity contribution >= 4 is 29.4 Å². The van der Waals surface area contributed by atoms with Gasteiger partial charge in [-0.1, -0.05) is 35.9 Å². The average Bonchev–Trinajstić information content (AvgIpc) is 3.24. The van der Waals surface area contributed by atoms with E-state index in [1.54, 1.807) is 30.4 Å². The van der Waals surface area contributed by atoms with Gasteiger partial charge in [-0.05, 0) is 49.2 Å². The second kappa shape index (κ2) is 12.3. The van der Waals surface area contributed by atoms with E-state index in [1.165, 1.54) is 12.5 Å². The number of nitrogens with one attached hydrogen (secondary N) is 3. The number of carbonyl (C=O) groups is 2. The quantitative estimate of drug-likeness (QED) is 0.283. The Hall–Kier alpha value is -4.61. The highest BCUT2D eigenvalue weighted by atomic mass is 35.5. The minimum atomic E-state index is -0.327. The Labute approximate surface area is 242 Å². The van der Waals surface area contributed by atoms with Crippen LogP contribution in [0.3, 0.4) is 0 Å². The topological polar surface area (TPSA) is 144 Å². The molecule has 3 heterocycles. The Balaban J connectivity index is 1.36. The van der Waals surface area contributed by atoms with E-state index in [2.05, 4.69) is 26.1 Å². The predicted molar refractivity (Wildman–Crippen MR) is 155 cm³/mol. The normalized spacial score (nSPS) is 16.3. The number of methoxy groups -OCH3 is 1. The van der Waals surface area contributed by atoms with Crippen LogP contribution in [0.2, 0.25) is 5.02 Å². The van der Waals surface area contributed by atoms with Gasteiger partial charge >= 0.3 is 0 Å². The van der Waals surface area contributed by atoms with Gasteiger partial charge in [0.25, 0.3) is 5.91 Å². The van der Waals surface area contributed by atoms with Crippen LogP contribution in [0.4, 0.5) is 5.95 Å². The fourth-order valence-electron chi connectivity index (χ4n) is 4.86. The van der Waals surface area contributed by atoms with E-state index < -0.39 is 0 Å². The second-order valence-electron chi connectivity index (χ2n) is 9.55. The van der Waals surface area contributed by atoms with Crippen molar-refractivity contribution in [1.29, 1.82) is 0 Å². The van der Waals surface area contributed by atoms with Crippen LogP contribution in [0.5, 0.6) is 5.75 Å². The molecule has 212 valence electrons. The molecule has 0 unspecified atom stereocenters. The van der Waals surface area contributed by atoms with Gasteiger partial charge in [0.05, 0.1) is 48.0 Å². The first kappa shape index (κ1) is 27.9. The number of nitrogens with two attached hydrogens (primary N) is 1. The van der Waals surface area contributed by atoms with Crippen LogP contribution >= 0.6 is 11.6 Å². The van der Waals surface area contributed by atoms with Crippen molar-refractivity contribution < 1.29 is 19.2 Å². The third-order valence-corrected chi connectivity index (χ3v) is 7.15. The highest BCUT2D eigenvalue weighted by molar-refractivity contribution is 6.33. The van der Waals surface area contributed by atoms with E-state index in [0.717, 1.165) is 11.1 Å². The molecule has 2 amide bonds. The maximum atomic E-state index is 13.6. The average molecular weight is 576 g/mol. The van der Waals surface area contributed by atoms with E-state index >= 15 is 0 Å². The molecule has 5 N–H and O–H groups in total. The molecular weight excluding hydrogens is 546 g/mol. The van der Waals surface area contributed by atoms with Gasteiger partial charge in [-0.2, -0.15) is 0 Å². The standard InChI is InChI=1S/C29H30ClN7O4/c1-17(18-4-3-5-21(12-18)40-2)34-26(38)16-37-25(8-10-31)22-7-6-19(13-23(22)28(37)39)27-24(30)15-32-29(36-27)35-20-9-11-41-33-14-20/h3-7,9,11-15,17,25,33H,8,10,16,31H2,1-2H3,(H,34,38)(H,32,35,36)/t17-,25+/m1/s1. The number of hydrogen-bond donors (Lipinski definition) is 4. The third-order valence-electron chi connectivity index (χ3n) is 6.88. The lowest BCUT2D eigenvalue weighted by Crippen LogP contribution is -2.40. The van der Waals surface area contributed by atoms with Crippen molar-refractivity contribution in [1.82, 2.24) is 25.7 Å². The number of carbonyl (C=O) groups excluding carboxylic acids is 2. The molecule has 0 spiro atoms. The number of halogens is 1. The molecular formula is C29H30ClN7O4. The SMILES string of the molecule is COc1cccc([C@@H](C)NC(=O)CN2C(=O)c3cc(-c4nc(NC5=CNOC=C5)ncc4Cl)ccc3[C@@H]2CCN)c1. The Morgan fingerprint density at radius 3 is 2.90 bits per heavy atom. The molecule has 12 heteroatoms. The van der Waals surface area contributed by atoms with Crippen LogP contribution in [-0.2, 0) is 9.63 Å². The van der Waals surface area contributed by atoms with Crippen molar-refractivity contribution in [3.63, 3.8) is 0 Å². The van der Waals surface area contributed by atoms with Crippen molar-refractivity contribution in [2.24, 2.45) is 5.73 Å². The van der Waals surface area contributed by atoms with Crippen molar-refractivity contribution in [2.45, 2.75) is 25.4 Å². The van der Waals surface area contributed by atoms with Gasteiger partial charge in [-0.3, -0.25) is 9.59 Å². The highest BCUT2D eigenvalue weighted by Crippen LogP contribution is 2.38. The number of ether oxygens (including phenoxy) is 1. The Kier molecular flexibility index (Phi) is 8.37. The summed E-state index contributed by atoms with van der Waals surface area (Å²) in [6, 6.07) is 12.4. The van der Waals surface area contributed by atoms with Crippen molar-refractivity contribution in [2.75, 3.05) is 25.5 Å². The summed E-state index contributed by atoms with van der Waals surface area (Å²) in [4.78, 5) is 42.0. The summed E-state index contributed by atoms with van der Waals surface area (Å²) in [5.41, 5.74) is 12.5. The summed E-state index contributed by atoms with van der Waals surface area (Å²) in [5.74, 6) is 0.495. The lowest BCUT2D eigenvalue weighted by Gasteiger charge is -2.25. The molecule has 0 radical (unpaired) electrons. The predicted octanol–water partition coefficient (Wildman–Crippen LogP) is 3.83. The molecule has 0 saturated carbocycles. The summed E-state index contributed by atoms with van der Waals surface area (Å²) in [7, 11) is 1.59. The van der Waals surface area contributed by atoms with Crippen molar-refractivity contribution in [3.8, 4) is 17.0 Å². The van der Waals surface area contributed by atoms with E-state index in [0.29, 0.717) is 52.2 Å².